The van der Waals surface area contributed by atoms with Gasteiger partial charge in [-0.15, -0.1) is 0 Å². The Labute approximate surface area is 67.6 Å². The molecule has 1 fully saturated rings. The van der Waals surface area contributed by atoms with Crippen molar-refractivity contribution in [2.45, 2.75) is 45.1 Å². The van der Waals surface area contributed by atoms with Crippen LogP contribution in [0.15, 0.2) is 0 Å². The third-order valence-corrected chi connectivity index (χ3v) is 2.82. The highest BCUT2D eigenvalue weighted by atomic mass is 16.3. The van der Waals surface area contributed by atoms with Gasteiger partial charge in [0.05, 0.1) is 11.5 Å². The highest BCUT2D eigenvalue weighted by Crippen LogP contribution is 2.40. The average Bonchev–Trinajstić information content (AvgIpc) is 2.52. The lowest BCUT2D eigenvalue weighted by Crippen LogP contribution is -2.33. The molecule has 64 valence electrons. The van der Waals surface area contributed by atoms with Gasteiger partial charge in [0.15, 0.2) is 0 Å². The van der Waals surface area contributed by atoms with Crippen molar-refractivity contribution in [3.63, 3.8) is 0 Å². The molecule has 1 aliphatic carbocycles. The summed E-state index contributed by atoms with van der Waals surface area (Å²) in [4.78, 5) is 10.8. The van der Waals surface area contributed by atoms with Crippen molar-refractivity contribution in [3.05, 3.63) is 0 Å². The molecule has 2 nitrogen and oxygen atoms in total. The SMILES string of the molecule is CCC(O)C1(C=O)CCCC1. The summed E-state index contributed by atoms with van der Waals surface area (Å²) in [5.41, 5.74) is -0.380. The minimum absolute atomic E-state index is 0.380. The fourth-order valence-corrected chi connectivity index (χ4v) is 1.97. The number of carbonyl (C=O) groups is 1. The van der Waals surface area contributed by atoms with Crippen LogP contribution in [0.25, 0.3) is 0 Å². The molecule has 1 N–H and O–H groups in total. The minimum atomic E-state index is -0.414. The van der Waals surface area contributed by atoms with E-state index in [0.717, 1.165) is 32.0 Å². The number of hydrogen-bond donors (Lipinski definition) is 1. The van der Waals surface area contributed by atoms with Gasteiger partial charge in [-0.2, -0.15) is 0 Å². The van der Waals surface area contributed by atoms with Crippen molar-refractivity contribution in [1.29, 1.82) is 0 Å². The van der Waals surface area contributed by atoms with Crippen LogP contribution < -0.4 is 0 Å². The minimum Gasteiger partial charge on any atom is -0.392 e. The fourth-order valence-electron chi connectivity index (χ4n) is 1.97. The van der Waals surface area contributed by atoms with Gasteiger partial charge < -0.3 is 9.90 Å². The highest BCUT2D eigenvalue weighted by molar-refractivity contribution is 5.61. The molecule has 0 aromatic heterocycles. The zero-order chi connectivity index (χ0) is 8.32. The van der Waals surface area contributed by atoms with Crippen LogP contribution in [-0.2, 0) is 4.79 Å². The van der Waals surface area contributed by atoms with Crippen molar-refractivity contribution in [2.24, 2.45) is 5.41 Å². The Balaban J connectivity index is 2.65. The Bertz CT molecular complexity index is 136. The van der Waals surface area contributed by atoms with Gasteiger partial charge in [-0.05, 0) is 19.3 Å². The van der Waals surface area contributed by atoms with E-state index in [4.69, 9.17) is 0 Å². The molecule has 0 aromatic carbocycles. The van der Waals surface area contributed by atoms with E-state index in [2.05, 4.69) is 0 Å². The predicted molar refractivity (Wildman–Crippen MR) is 43.3 cm³/mol. The first-order valence-electron chi connectivity index (χ1n) is 4.39. The smallest absolute Gasteiger partial charge is 0.128 e. The summed E-state index contributed by atoms with van der Waals surface area (Å²) in [6.07, 6.45) is 5.19. The maximum atomic E-state index is 10.8. The first-order valence-corrected chi connectivity index (χ1v) is 4.39. The van der Waals surface area contributed by atoms with Crippen molar-refractivity contribution < 1.29 is 9.90 Å². The van der Waals surface area contributed by atoms with E-state index < -0.39 is 6.10 Å². The van der Waals surface area contributed by atoms with Crippen LogP contribution in [0.3, 0.4) is 0 Å². The third-order valence-electron chi connectivity index (χ3n) is 2.82. The Hall–Kier alpha value is -0.370. The lowest BCUT2D eigenvalue weighted by molar-refractivity contribution is -0.122. The van der Waals surface area contributed by atoms with Gasteiger partial charge in [0, 0.05) is 0 Å². The van der Waals surface area contributed by atoms with E-state index >= 15 is 0 Å². The van der Waals surface area contributed by atoms with Crippen LogP contribution in [-0.4, -0.2) is 17.5 Å². The van der Waals surface area contributed by atoms with Gasteiger partial charge in [-0.1, -0.05) is 19.8 Å². The normalized spacial score (nSPS) is 24.9. The van der Waals surface area contributed by atoms with Gasteiger partial charge in [0.1, 0.15) is 6.29 Å². The van der Waals surface area contributed by atoms with Crippen LogP contribution >= 0.6 is 0 Å². The second kappa shape index (κ2) is 3.35. The quantitative estimate of drug-likeness (QED) is 0.629. The maximum absolute atomic E-state index is 10.8. The topological polar surface area (TPSA) is 37.3 Å². The maximum Gasteiger partial charge on any atom is 0.128 e. The second-order valence-electron chi connectivity index (χ2n) is 3.48. The van der Waals surface area contributed by atoms with E-state index in [0.29, 0.717) is 6.42 Å². The van der Waals surface area contributed by atoms with E-state index in [-0.39, 0.29) is 5.41 Å². The largest absolute Gasteiger partial charge is 0.392 e. The number of rotatable bonds is 3. The van der Waals surface area contributed by atoms with E-state index in [9.17, 15) is 9.90 Å². The molecule has 0 spiro atoms. The molecule has 0 saturated heterocycles. The average molecular weight is 156 g/mol. The summed E-state index contributed by atoms with van der Waals surface area (Å²) in [6, 6.07) is 0. The molecule has 0 radical (unpaired) electrons. The van der Waals surface area contributed by atoms with Gasteiger partial charge in [-0.25, -0.2) is 0 Å². The number of aldehydes is 1. The molecule has 0 amide bonds. The molecule has 0 bridgehead atoms. The van der Waals surface area contributed by atoms with Crippen molar-refractivity contribution >= 4 is 6.29 Å². The van der Waals surface area contributed by atoms with Crippen LogP contribution in [0.5, 0.6) is 0 Å². The number of aliphatic hydroxyl groups excluding tert-OH is 1. The monoisotopic (exact) mass is 156 g/mol. The molecule has 1 saturated carbocycles. The summed E-state index contributed by atoms with van der Waals surface area (Å²) in [7, 11) is 0. The van der Waals surface area contributed by atoms with E-state index in [1.54, 1.807) is 0 Å². The molecule has 0 aromatic rings. The Morgan fingerprint density at radius 3 is 2.45 bits per heavy atom. The third kappa shape index (κ3) is 1.45. The van der Waals surface area contributed by atoms with E-state index in [1.807, 2.05) is 6.92 Å². The Morgan fingerprint density at radius 2 is 2.09 bits per heavy atom. The first kappa shape index (κ1) is 8.72. The lowest BCUT2D eigenvalue weighted by atomic mass is 9.81. The van der Waals surface area contributed by atoms with Crippen LogP contribution in [0.4, 0.5) is 0 Å². The van der Waals surface area contributed by atoms with Crippen LogP contribution in [0.2, 0.25) is 0 Å². The van der Waals surface area contributed by atoms with E-state index in [1.165, 1.54) is 0 Å². The highest BCUT2D eigenvalue weighted by Gasteiger charge is 2.39. The van der Waals surface area contributed by atoms with Crippen LogP contribution in [0.1, 0.15) is 39.0 Å². The predicted octanol–water partition coefficient (Wildman–Crippen LogP) is 1.52. The lowest BCUT2D eigenvalue weighted by Gasteiger charge is -2.27. The standard InChI is InChI=1S/C9H16O2/c1-2-8(11)9(7-10)5-3-4-6-9/h7-8,11H,2-6H2,1H3. The molecule has 2 heteroatoms. The summed E-state index contributed by atoms with van der Waals surface area (Å²) in [5, 5.41) is 9.58. The zero-order valence-electron chi connectivity index (χ0n) is 7.05. The molecule has 0 aliphatic heterocycles. The fraction of sp³-hybridized carbons (Fsp3) is 0.889. The number of carbonyl (C=O) groups excluding carboxylic acids is 1. The molecule has 0 heterocycles. The molecular weight excluding hydrogens is 140 g/mol. The molecule has 1 rings (SSSR count). The molecular formula is C9H16O2. The Morgan fingerprint density at radius 1 is 1.55 bits per heavy atom. The van der Waals surface area contributed by atoms with Gasteiger partial charge >= 0.3 is 0 Å². The second-order valence-corrected chi connectivity index (χ2v) is 3.48. The molecule has 1 unspecified atom stereocenters. The van der Waals surface area contributed by atoms with Crippen molar-refractivity contribution in [2.75, 3.05) is 0 Å². The van der Waals surface area contributed by atoms with Crippen molar-refractivity contribution in [1.82, 2.24) is 0 Å². The van der Waals surface area contributed by atoms with Crippen LogP contribution in [0, 0.1) is 5.41 Å². The molecule has 1 atom stereocenters. The first-order chi connectivity index (χ1) is 5.25. The van der Waals surface area contributed by atoms with Gasteiger partial charge in [0.25, 0.3) is 0 Å². The zero-order valence-corrected chi connectivity index (χ0v) is 7.05. The van der Waals surface area contributed by atoms with Crippen molar-refractivity contribution in [3.8, 4) is 0 Å². The summed E-state index contributed by atoms with van der Waals surface area (Å²) >= 11 is 0. The molecule has 11 heavy (non-hydrogen) atoms. The summed E-state index contributed by atoms with van der Waals surface area (Å²) in [5.74, 6) is 0. The van der Waals surface area contributed by atoms with Gasteiger partial charge in [-0.3, -0.25) is 0 Å². The number of hydrogen-bond acceptors (Lipinski definition) is 2. The van der Waals surface area contributed by atoms with Gasteiger partial charge in [0.2, 0.25) is 0 Å². The number of aliphatic hydroxyl groups is 1. The summed E-state index contributed by atoms with van der Waals surface area (Å²) < 4.78 is 0. The summed E-state index contributed by atoms with van der Waals surface area (Å²) in [6.45, 7) is 1.92. The molecule has 1 aliphatic rings. The Kier molecular flexibility index (Phi) is 2.66.